The molecule has 100 valence electrons. The first-order valence-corrected chi connectivity index (χ1v) is 5.36. The monoisotopic (exact) mass is 291 g/mol. The van der Waals surface area contributed by atoms with Crippen LogP contribution in [-0.2, 0) is 0 Å². The predicted octanol–water partition coefficient (Wildman–Crippen LogP) is 3.93. The van der Waals surface area contributed by atoms with Gasteiger partial charge < -0.3 is 4.42 Å². The number of hydrogen-bond donors (Lipinski definition) is 0. The Bertz CT molecular complexity index is 621. The fourth-order valence-electron chi connectivity index (χ4n) is 1.51. The predicted molar refractivity (Wildman–Crippen MR) is 59.4 cm³/mol. The van der Waals surface area contributed by atoms with Crippen molar-refractivity contribution in [3.63, 3.8) is 0 Å². The van der Waals surface area contributed by atoms with Gasteiger partial charge in [0.1, 0.15) is 33.5 Å². The van der Waals surface area contributed by atoms with Gasteiger partial charge in [0.25, 0.3) is 0 Å². The lowest BCUT2D eigenvalue weighted by Crippen LogP contribution is -2.01. The molecule has 0 N–H and O–H groups in total. The third-order valence-electron chi connectivity index (χ3n) is 2.34. The summed E-state index contributed by atoms with van der Waals surface area (Å²) in [4.78, 5) is 9.61. The van der Waals surface area contributed by atoms with Crippen LogP contribution in [0.1, 0.15) is 16.7 Å². The van der Waals surface area contributed by atoms with Crippen molar-refractivity contribution in [1.82, 2.24) is 0 Å². The molecule has 0 aliphatic heterocycles. The fourth-order valence-corrected chi connectivity index (χ4v) is 1.84. The van der Waals surface area contributed by atoms with E-state index in [0.717, 1.165) is 12.1 Å². The van der Waals surface area contributed by atoms with Crippen LogP contribution in [0.2, 0.25) is 0 Å². The van der Waals surface area contributed by atoms with Gasteiger partial charge in [-0.15, -0.1) is 11.6 Å². The zero-order valence-electron chi connectivity index (χ0n) is 9.07. The topological polar surface area (TPSA) is 56.3 Å². The molecule has 0 fully saturated rings. The van der Waals surface area contributed by atoms with E-state index in [0.29, 0.717) is 12.1 Å². The second-order valence-corrected chi connectivity index (χ2v) is 4.02. The van der Waals surface area contributed by atoms with Crippen molar-refractivity contribution in [3.05, 3.63) is 63.2 Å². The van der Waals surface area contributed by atoms with E-state index in [4.69, 9.17) is 16.0 Å². The van der Waals surface area contributed by atoms with Gasteiger partial charge in [0, 0.05) is 17.7 Å². The number of nitro groups is 1. The Morgan fingerprint density at radius 1 is 1.21 bits per heavy atom. The zero-order chi connectivity index (χ0) is 14.2. The summed E-state index contributed by atoms with van der Waals surface area (Å²) in [6, 6.07) is 3.05. The van der Waals surface area contributed by atoms with Gasteiger partial charge in [-0.2, -0.15) is 0 Å². The van der Waals surface area contributed by atoms with Crippen LogP contribution in [0.4, 0.5) is 19.1 Å². The third-order valence-corrected chi connectivity index (χ3v) is 2.77. The minimum Gasteiger partial charge on any atom is -0.404 e. The Morgan fingerprint density at radius 2 is 1.79 bits per heavy atom. The molecule has 0 aliphatic rings. The van der Waals surface area contributed by atoms with Crippen molar-refractivity contribution < 1.29 is 22.5 Å². The van der Waals surface area contributed by atoms with E-state index in [-0.39, 0.29) is 5.76 Å². The largest absolute Gasteiger partial charge is 0.433 e. The van der Waals surface area contributed by atoms with E-state index in [9.17, 15) is 23.3 Å². The number of halogens is 4. The number of rotatable bonds is 3. The fraction of sp³-hybridized carbons (Fsp3) is 0.0909. The molecule has 1 unspecified atom stereocenters. The first-order valence-electron chi connectivity index (χ1n) is 4.92. The molecule has 8 heteroatoms. The highest BCUT2D eigenvalue weighted by Crippen LogP contribution is 2.35. The number of furan rings is 1. The van der Waals surface area contributed by atoms with Crippen molar-refractivity contribution in [3.8, 4) is 0 Å². The molecular formula is C11H5ClF3NO3. The summed E-state index contributed by atoms with van der Waals surface area (Å²) in [5.74, 6) is -4.30. The molecule has 1 atom stereocenters. The molecule has 1 aromatic heterocycles. The molecule has 4 nitrogen and oxygen atoms in total. The van der Waals surface area contributed by atoms with Gasteiger partial charge in [0.05, 0.1) is 6.07 Å². The lowest BCUT2D eigenvalue weighted by Gasteiger charge is -2.09. The van der Waals surface area contributed by atoms with Gasteiger partial charge in [0.2, 0.25) is 0 Å². The van der Waals surface area contributed by atoms with E-state index >= 15 is 0 Å². The van der Waals surface area contributed by atoms with Crippen molar-refractivity contribution in [2.45, 2.75) is 5.38 Å². The summed E-state index contributed by atoms with van der Waals surface area (Å²) in [6.07, 6.45) is 0. The van der Waals surface area contributed by atoms with Crippen LogP contribution in [0.25, 0.3) is 0 Å². The summed E-state index contributed by atoms with van der Waals surface area (Å²) >= 11 is 5.79. The molecule has 2 rings (SSSR count). The van der Waals surface area contributed by atoms with E-state index in [1.54, 1.807) is 0 Å². The van der Waals surface area contributed by atoms with Crippen LogP contribution in [0, 0.1) is 27.6 Å². The molecule has 1 aromatic carbocycles. The SMILES string of the molecule is O=[N+]([O-])c1ccc(C(Cl)c2c(F)cc(F)cc2F)o1. The molecule has 2 aromatic rings. The lowest BCUT2D eigenvalue weighted by molar-refractivity contribution is -0.402. The Hall–Kier alpha value is -2.02. The summed E-state index contributed by atoms with van der Waals surface area (Å²) in [6.45, 7) is 0. The maximum Gasteiger partial charge on any atom is 0.433 e. The van der Waals surface area contributed by atoms with Crippen LogP contribution in [0.15, 0.2) is 28.7 Å². The highest BCUT2D eigenvalue weighted by atomic mass is 35.5. The van der Waals surface area contributed by atoms with E-state index in [1.807, 2.05) is 0 Å². The van der Waals surface area contributed by atoms with Crippen LogP contribution < -0.4 is 0 Å². The zero-order valence-corrected chi connectivity index (χ0v) is 9.83. The second-order valence-electron chi connectivity index (χ2n) is 3.58. The average molecular weight is 292 g/mol. The van der Waals surface area contributed by atoms with Crippen LogP contribution in [0.5, 0.6) is 0 Å². The van der Waals surface area contributed by atoms with Gasteiger partial charge in [-0.25, -0.2) is 13.2 Å². The maximum atomic E-state index is 13.5. The van der Waals surface area contributed by atoms with Gasteiger partial charge in [0.15, 0.2) is 0 Å². The molecule has 0 spiro atoms. The molecule has 19 heavy (non-hydrogen) atoms. The smallest absolute Gasteiger partial charge is 0.404 e. The van der Waals surface area contributed by atoms with Gasteiger partial charge in [-0.3, -0.25) is 10.1 Å². The molecule has 1 heterocycles. The molecule has 0 radical (unpaired) electrons. The lowest BCUT2D eigenvalue weighted by atomic mass is 10.1. The highest BCUT2D eigenvalue weighted by Gasteiger charge is 2.25. The van der Waals surface area contributed by atoms with E-state index < -0.39 is 39.2 Å². The maximum absolute atomic E-state index is 13.5. The normalized spacial score (nSPS) is 12.4. The Balaban J connectivity index is 2.43. The molecule has 0 saturated carbocycles. The number of alkyl halides is 1. The average Bonchev–Trinajstić information content (AvgIpc) is 2.76. The van der Waals surface area contributed by atoms with Crippen LogP contribution in [0.3, 0.4) is 0 Å². The van der Waals surface area contributed by atoms with Gasteiger partial charge in [-0.05, 0) is 6.07 Å². The number of hydrogen-bond acceptors (Lipinski definition) is 3. The van der Waals surface area contributed by atoms with Gasteiger partial charge in [-0.1, -0.05) is 0 Å². The molecule has 0 aliphatic carbocycles. The summed E-state index contributed by atoms with van der Waals surface area (Å²) in [5.41, 5.74) is -0.632. The number of benzene rings is 1. The first kappa shape index (κ1) is 13.4. The van der Waals surface area contributed by atoms with Crippen LogP contribution in [-0.4, -0.2) is 4.92 Å². The minimum atomic E-state index is -1.44. The standard InChI is InChI=1S/C11H5ClF3NO3/c12-11(8-1-2-9(19-8)16(17)18)10-6(14)3-5(13)4-7(10)15/h1-4,11H. The Kier molecular flexibility index (Phi) is 3.48. The van der Waals surface area contributed by atoms with Crippen molar-refractivity contribution >= 4 is 17.5 Å². The second kappa shape index (κ2) is 4.93. The van der Waals surface area contributed by atoms with E-state index in [2.05, 4.69) is 0 Å². The Labute approximate surface area is 109 Å². The summed E-state index contributed by atoms with van der Waals surface area (Å²) < 4.78 is 44.4. The molecule has 0 bridgehead atoms. The van der Waals surface area contributed by atoms with E-state index in [1.165, 1.54) is 0 Å². The van der Waals surface area contributed by atoms with Crippen molar-refractivity contribution in [1.29, 1.82) is 0 Å². The molecule has 0 saturated heterocycles. The minimum absolute atomic E-state index is 0.210. The highest BCUT2D eigenvalue weighted by molar-refractivity contribution is 6.22. The number of nitrogens with zero attached hydrogens (tertiary/aromatic N) is 1. The van der Waals surface area contributed by atoms with Crippen molar-refractivity contribution in [2.75, 3.05) is 0 Å². The summed E-state index contributed by atoms with van der Waals surface area (Å²) in [7, 11) is 0. The molecule has 0 amide bonds. The first-order chi connectivity index (χ1) is 8.90. The summed E-state index contributed by atoms with van der Waals surface area (Å²) in [5, 5.41) is 8.99. The third kappa shape index (κ3) is 2.55. The quantitative estimate of drug-likeness (QED) is 0.489. The van der Waals surface area contributed by atoms with Crippen molar-refractivity contribution in [2.24, 2.45) is 0 Å². The van der Waals surface area contributed by atoms with Gasteiger partial charge >= 0.3 is 5.88 Å². The molecular weight excluding hydrogens is 287 g/mol. The van der Waals surface area contributed by atoms with Crippen LogP contribution >= 0.6 is 11.6 Å². The Morgan fingerprint density at radius 3 is 2.26 bits per heavy atom.